The van der Waals surface area contributed by atoms with Crippen LogP contribution in [0.4, 0.5) is 23.5 Å². The summed E-state index contributed by atoms with van der Waals surface area (Å²) >= 11 is -2.19. The maximum atomic E-state index is 11.6. The fraction of sp³-hybridized carbons (Fsp3) is 0.412. The molecule has 0 amide bonds. The first kappa shape index (κ1) is 24.4. The Morgan fingerprint density at radius 2 is 1.84 bits per heavy atom. The number of carboxylic acid groups (broad SMARTS) is 1. The van der Waals surface area contributed by atoms with E-state index < -0.39 is 17.2 Å². The number of carboxylic acids is 1. The molecule has 1 heterocycles. The van der Waals surface area contributed by atoms with Crippen molar-refractivity contribution in [3.8, 4) is 0 Å². The SMILES string of the molecule is Cc1ccc(Nc2nc(NCCO)nc(N(CCO)CCNS(=O)O)n2)c(C(=O)O)c1. The van der Waals surface area contributed by atoms with E-state index in [0.717, 1.165) is 5.56 Å². The van der Waals surface area contributed by atoms with E-state index >= 15 is 0 Å². The summed E-state index contributed by atoms with van der Waals surface area (Å²) in [4.78, 5) is 25.9. The Morgan fingerprint density at radius 3 is 2.48 bits per heavy atom. The smallest absolute Gasteiger partial charge is 0.337 e. The number of aromatic carboxylic acids is 1. The van der Waals surface area contributed by atoms with Gasteiger partial charge in [0.25, 0.3) is 0 Å². The van der Waals surface area contributed by atoms with E-state index in [1.165, 1.54) is 6.07 Å². The van der Waals surface area contributed by atoms with Crippen molar-refractivity contribution in [3.05, 3.63) is 29.3 Å². The van der Waals surface area contributed by atoms with Crippen LogP contribution in [0.3, 0.4) is 0 Å². The summed E-state index contributed by atoms with van der Waals surface area (Å²) < 4.78 is 22.0. The molecule has 1 unspecified atom stereocenters. The molecule has 1 atom stereocenters. The quantitative estimate of drug-likeness (QED) is 0.193. The standard InChI is InChI=1S/C17H25N7O6S/c1-11-2-3-13(12(10-11)14(27)28)20-16-21-15(18-5-8-25)22-17(23-16)24(7-9-26)6-4-19-31(29)30/h2-3,10,19,25-26H,4-9H2,1H3,(H,27,28)(H,29,30)(H2,18,20,21,22,23). The lowest BCUT2D eigenvalue weighted by atomic mass is 10.1. The molecule has 0 bridgehead atoms. The van der Waals surface area contributed by atoms with Crippen LogP contribution in [0.25, 0.3) is 0 Å². The van der Waals surface area contributed by atoms with Crippen molar-refractivity contribution in [2.24, 2.45) is 0 Å². The second-order valence-corrected chi connectivity index (χ2v) is 7.05. The molecule has 0 aliphatic carbocycles. The van der Waals surface area contributed by atoms with Crippen LogP contribution in [-0.4, -0.2) is 84.4 Å². The van der Waals surface area contributed by atoms with Gasteiger partial charge in [-0.2, -0.15) is 15.0 Å². The fourth-order valence-electron chi connectivity index (χ4n) is 2.57. The molecule has 1 aromatic carbocycles. The Kier molecular flexibility index (Phi) is 9.48. The van der Waals surface area contributed by atoms with Crippen LogP contribution in [0, 0.1) is 6.92 Å². The number of hydrogen-bond donors (Lipinski definition) is 7. The van der Waals surface area contributed by atoms with E-state index in [2.05, 4.69) is 30.3 Å². The van der Waals surface area contributed by atoms with Crippen molar-refractivity contribution in [1.82, 2.24) is 19.7 Å². The number of nitrogens with zero attached hydrogens (tertiary/aromatic N) is 4. The van der Waals surface area contributed by atoms with Crippen LogP contribution in [-0.2, 0) is 11.3 Å². The molecular formula is C17H25N7O6S. The molecule has 0 aliphatic rings. The molecule has 0 aliphatic heterocycles. The molecule has 1 aromatic heterocycles. The van der Waals surface area contributed by atoms with E-state index in [9.17, 15) is 19.2 Å². The lowest BCUT2D eigenvalue weighted by Crippen LogP contribution is -2.36. The zero-order chi connectivity index (χ0) is 22.8. The van der Waals surface area contributed by atoms with Gasteiger partial charge in [0.2, 0.25) is 29.1 Å². The van der Waals surface area contributed by atoms with Gasteiger partial charge in [0.1, 0.15) is 0 Å². The van der Waals surface area contributed by atoms with Crippen LogP contribution < -0.4 is 20.3 Å². The Morgan fingerprint density at radius 1 is 1.10 bits per heavy atom. The number of aromatic nitrogens is 3. The summed E-state index contributed by atoms with van der Waals surface area (Å²) in [5.74, 6) is -0.823. The van der Waals surface area contributed by atoms with Gasteiger partial charge in [-0.15, -0.1) is 0 Å². The second-order valence-electron chi connectivity index (χ2n) is 6.27. The molecule has 14 heteroatoms. The number of hydrogen-bond acceptors (Lipinski definition) is 10. The molecule has 13 nitrogen and oxygen atoms in total. The van der Waals surface area contributed by atoms with Gasteiger partial charge < -0.3 is 30.9 Å². The maximum Gasteiger partial charge on any atom is 0.337 e. The number of aryl methyl sites for hydroxylation is 1. The van der Waals surface area contributed by atoms with Gasteiger partial charge in [-0.3, -0.25) is 4.55 Å². The first-order valence-corrected chi connectivity index (χ1v) is 10.4. The Hall–Kier alpha value is -2.91. The minimum absolute atomic E-state index is 0.0358. The normalized spacial score (nSPS) is 11.7. The predicted octanol–water partition coefficient (Wildman–Crippen LogP) is -0.449. The predicted molar refractivity (Wildman–Crippen MR) is 115 cm³/mol. The third-order valence-corrected chi connectivity index (χ3v) is 4.38. The zero-order valence-electron chi connectivity index (χ0n) is 16.8. The summed E-state index contributed by atoms with van der Waals surface area (Å²) in [5.41, 5.74) is 1.08. The maximum absolute atomic E-state index is 11.6. The van der Waals surface area contributed by atoms with Gasteiger partial charge in [-0.1, -0.05) is 11.6 Å². The molecule has 0 spiro atoms. The monoisotopic (exact) mass is 455 g/mol. The summed E-state index contributed by atoms with van der Waals surface area (Å²) in [6.07, 6.45) is 0. The molecule has 31 heavy (non-hydrogen) atoms. The second kappa shape index (κ2) is 12.1. The van der Waals surface area contributed by atoms with E-state index in [0.29, 0.717) is 0 Å². The van der Waals surface area contributed by atoms with Crippen molar-refractivity contribution in [1.29, 1.82) is 0 Å². The Bertz CT molecular complexity index is 917. The summed E-state index contributed by atoms with van der Waals surface area (Å²) in [5, 5.41) is 33.6. The molecule has 0 radical (unpaired) electrons. The molecular weight excluding hydrogens is 430 g/mol. The zero-order valence-corrected chi connectivity index (χ0v) is 17.6. The Labute approximate surface area is 181 Å². The van der Waals surface area contributed by atoms with Crippen molar-refractivity contribution >= 4 is 40.8 Å². The highest BCUT2D eigenvalue weighted by Crippen LogP contribution is 2.22. The number of anilines is 4. The van der Waals surface area contributed by atoms with Crippen LogP contribution in [0.15, 0.2) is 18.2 Å². The Balaban J connectivity index is 2.38. The third-order valence-electron chi connectivity index (χ3n) is 3.93. The van der Waals surface area contributed by atoms with Gasteiger partial charge in [0.05, 0.1) is 24.5 Å². The molecule has 7 N–H and O–H groups in total. The van der Waals surface area contributed by atoms with E-state index in [4.69, 9.17) is 9.66 Å². The van der Waals surface area contributed by atoms with Crippen molar-refractivity contribution < 1.29 is 28.9 Å². The molecule has 170 valence electrons. The highest BCUT2D eigenvalue weighted by atomic mass is 32.2. The summed E-state index contributed by atoms with van der Waals surface area (Å²) in [6, 6.07) is 4.84. The number of aliphatic hydroxyl groups excluding tert-OH is 2. The van der Waals surface area contributed by atoms with Crippen LogP contribution >= 0.6 is 0 Å². The van der Waals surface area contributed by atoms with E-state index in [-0.39, 0.29) is 68.5 Å². The van der Waals surface area contributed by atoms with Crippen molar-refractivity contribution in [2.45, 2.75) is 6.92 Å². The van der Waals surface area contributed by atoms with Crippen molar-refractivity contribution in [2.75, 3.05) is 54.9 Å². The fourth-order valence-corrected chi connectivity index (χ4v) is 2.84. The number of carbonyl (C=O) groups is 1. The summed E-state index contributed by atoms with van der Waals surface area (Å²) in [6.45, 7) is 1.98. The van der Waals surface area contributed by atoms with Gasteiger partial charge in [0, 0.05) is 26.2 Å². The minimum atomic E-state index is -2.19. The average Bonchev–Trinajstić information content (AvgIpc) is 2.72. The largest absolute Gasteiger partial charge is 0.478 e. The molecule has 0 saturated carbocycles. The molecule has 0 saturated heterocycles. The highest BCUT2D eigenvalue weighted by Gasteiger charge is 2.16. The number of aliphatic hydroxyl groups is 2. The number of rotatable bonds is 13. The minimum Gasteiger partial charge on any atom is -0.478 e. The van der Waals surface area contributed by atoms with Gasteiger partial charge in [0.15, 0.2) is 0 Å². The van der Waals surface area contributed by atoms with Gasteiger partial charge >= 0.3 is 5.97 Å². The van der Waals surface area contributed by atoms with Gasteiger partial charge in [-0.25, -0.2) is 13.7 Å². The molecule has 2 rings (SSSR count). The van der Waals surface area contributed by atoms with Crippen LogP contribution in [0.2, 0.25) is 0 Å². The third kappa shape index (κ3) is 7.69. The summed E-state index contributed by atoms with van der Waals surface area (Å²) in [7, 11) is 0. The first-order chi connectivity index (χ1) is 14.8. The lowest BCUT2D eigenvalue weighted by molar-refractivity contribution is 0.0698. The van der Waals surface area contributed by atoms with E-state index in [1.54, 1.807) is 24.0 Å². The molecule has 2 aromatic rings. The van der Waals surface area contributed by atoms with E-state index in [1.807, 2.05) is 0 Å². The highest BCUT2D eigenvalue weighted by molar-refractivity contribution is 7.77. The van der Waals surface area contributed by atoms with Gasteiger partial charge in [-0.05, 0) is 19.1 Å². The topological polar surface area (TPSA) is 193 Å². The first-order valence-electron chi connectivity index (χ1n) is 9.26. The lowest BCUT2D eigenvalue weighted by Gasteiger charge is -2.22. The number of benzene rings is 1. The van der Waals surface area contributed by atoms with Crippen LogP contribution in [0.1, 0.15) is 15.9 Å². The molecule has 0 fully saturated rings. The van der Waals surface area contributed by atoms with Crippen LogP contribution in [0.5, 0.6) is 0 Å². The van der Waals surface area contributed by atoms with Crippen molar-refractivity contribution in [3.63, 3.8) is 0 Å². The number of nitrogens with one attached hydrogen (secondary N) is 3. The average molecular weight is 455 g/mol.